The number of nitrogens with one attached hydrogen (secondary N) is 1. The maximum Gasteiger partial charge on any atom is 0.414 e. The lowest BCUT2D eigenvalue weighted by molar-refractivity contribution is -0.124. The molecule has 2 saturated heterocycles. The van der Waals surface area contributed by atoms with Crippen molar-refractivity contribution >= 4 is 23.6 Å². The van der Waals surface area contributed by atoms with Crippen LogP contribution in [0.5, 0.6) is 0 Å². The second-order valence-electron chi connectivity index (χ2n) is 8.00. The number of rotatable bonds is 6. The number of alkyl halides is 1. The molecule has 3 rings (SSSR count). The first-order valence-electron chi connectivity index (χ1n) is 9.30. The summed E-state index contributed by atoms with van der Waals surface area (Å²) < 4.78 is 23.2. The van der Waals surface area contributed by atoms with E-state index in [4.69, 9.17) is 30.5 Å². The highest BCUT2D eigenvalue weighted by Gasteiger charge is 2.72. The topological polar surface area (TPSA) is 89.7 Å². The van der Waals surface area contributed by atoms with E-state index in [0.717, 1.165) is 12.8 Å². The van der Waals surface area contributed by atoms with E-state index >= 15 is 0 Å². The number of halogens is 1. The van der Waals surface area contributed by atoms with Crippen LogP contribution < -0.4 is 5.32 Å². The smallest absolute Gasteiger partial charge is 0.414 e. The van der Waals surface area contributed by atoms with Crippen molar-refractivity contribution in [3.05, 3.63) is 11.6 Å². The van der Waals surface area contributed by atoms with E-state index in [-0.39, 0.29) is 29.6 Å². The van der Waals surface area contributed by atoms with Crippen LogP contribution in [0.4, 0.5) is 4.79 Å². The molecule has 6 atom stereocenters. The van der Waals surface area contributed by atoms with Crippen LogP contribution in [-0.2, 0) is 23.7 Å². The Labute approximate surface area is 164 Å². The van der Waals surface area contributed by atoms with E-state index in [0.29, 0.717) is 13.0 Å². The lowest BCUT2D eigenvalue weighted by atomic mass is 9.68. The average molecular weight is 402 g/mol. The summed E-state index contributed by atoms with van der Waals surface area (Å²) in [5, 5.41) is 2.11. The van der Waals surface area contributed by atoms with Gasteiger partial charge in [-0.3, -0.25) is 10.1 Å². The van der Waals surface area contributed by atoms with Gasteiger partial charge in [0.05, 0.1) is 18.6 Å². The van der Waals surface area contributed by atoms with E-state index in [9.17, 15) is 9.59 Å². The van der Waals surface area contributed by atoms with Gasteiger partial charge in [0, 0.05) is 7.11 Å². The maximum absolute atomic E-state index is 12.0. The van der Waals surface area contributed by atoms with E-state index in [1.807, 2.05) is 0 Å². The molecule has 1 spiro atoms. The second-order valence-corrected chi connectivity index (χ2v) is 8.27. The molecule has 3 aliphatic rings. The molecule has 1 saturated carbocycles. The summed E-state index contributed by atoms with van der Waals surface area (Å²) in [4.78, 5) is 23.3. The molecule has 0 aromatic heterocycles. The predicted octanol–water partition coefficient (Wildman–Crippen LogP) is 2.55. The van der Waals surface area contributed by atoms with Crippen molar-refractivity contribution in [1.29, 1.82) is 0 Å². The van der Waals surface area contributed by atoms with E-state index in [2.05, 4.69) is 32.2 Å². The molecule has 0 aromatic carbocycles. The van der Waals surface area contributed by atoms with Gasteiger partial charge in [-0.1, -0.05) is 11.6 Å². The number of amides is 2. The molecular weight excluding hydrogens is 374 g/mol. The number of epoxide rings is 2. The van der Waals surface area contributed by atoms with Gasteiger partial charge in [0.15, 0.2) is 0 Å². The summed E-state index contributed by atoms with van der Waals surface area (Å²) in [5.41, 5.74) is 0.574. The van der Waals surface area contributed by atoms with Gasteiger partial charge in [0.2, 0.25) is 5.91 Å². The highest BCUT2D eigenvalue weighted by molar-refractivity contribution is 6.28. The van der Waals surface area contributed by atoms with Crippen LogP contribution in [0, 0.1) is 5.92 Å². The van der Waals surface area contributed by atoms with Gasteiger partial charge < -0.3 is 18.9 Å². The Morgan fingerprint density at radius 3 is 2.63 bits per heavy atom. The first kappa shape index (κ1) is 20.6. The average Bonchev–Trinajstić information content (AvgIpc) is 3.52. The number of methoxy groups -OCH3 is 1. The zero-order valence-electron chi connectivity index (χ0n) is 16.2. The molecule has 0 bridgehead atoms. The van der Waals surface area contributed by atoms with Crippen LogP contribution >= 0.6 is 11.6 Å². The van der Waals surface area contributed by atoms with Gasteiger partial charge in [-0.2, -0.15) is 0 Å². The first-order chi connectivity index (χ1) is 12.8. The van der Waals surface area contributed by atoms with Crippen molar-refractivity contribution in [2.45, 2.75) is 69.5 Å². The van der Waals surface area contributed by atoms with E-state index in [1.54, 1.807) is 7.11 Å². The number of alkyl carbamates (subject to hydrolysis) is 1. The fourth-order valence-electron chi connectivity index (χ4n) is 4.38. The van der Waals surface area contributed by atoms with Crippen LogP contribution in [0.2, 0.25) is 0 Å². The third-order valence-electron chi connectivity index (χ3n) is 5.86. The Balaban J connectivity index is 1.73. The zero-order valence-corrected chi connectivity index (χ0v) is 17.0. The second kappa shape index (κ2) is 7.70. The highest BCUT2D eigenvalue weighted by atomic mass is 35.5. The van der Waals surface area contributed by atoms with Crippen LogP contribution in [-0.4, -0.2) is 61.1 Å². The van der Waals surface area contributed by atoms with Crippen LogP contribution in [0.15, 0.2) is 11.6 Å². The van der Waals surface area contributed by atoms with Crippen LogP contribution in [0.1, 0.15) is 40.0 Å². The molecule has 8 heteroatoms. The highest BCUT2D eigenvalue weighted by Crippen LogP contribution is 2.59. The number of allylic oxidation sites excluding steroid dienone is 1. The number of carbonyl (C=O) groups excluding carboxylic acids is 2. The maximum atomic E-state index is 12.0. The number of hydrogen-bond acceptors (Lipinski definition) is 6. The van der Waals surface area contributed by atoms with Gasteiger partial charge in [-0.05, 0) is 40.0 Å². The molecule has 7 nitrogen and oxygen atoms in total. The van der Waals surface area contributed by atoms with Crippen molar-refractivity contribution in [1.82, 2.24) is 5.32 Å². The van der Waals surface area contributed by atoms with Crippen molar-refractivity contribution in [2.75, 3.05) is 19.6 Å². The SMILES string of the molecule is CO[C@H]1[C@H](OC(=O)NC(=O)CCl)CC[C@]2(CO2)[C@H]1[C@@]1(C)O[C@@H]1CC=C(C)C. The zero-order chi connectivity index (χ0) is 19.8. The number of carbonyl (C=O) groups is 2. The van der Waals surface area contributed by atoms with Crippen molar-refractivity contribution in [2.24, 2.45) is 5.92 Å². The molecule has 0 radical (unpaired) electrons. The van der Waals surface area contributed by atoms with Gasteiger partial charge in [-0.25, -0.2) is 4.79 Å². The molecular formula is C19H28ClNO6. The normalized spacial score (nSPS) is 39.6. The third-order valence-corrected chi connectivity index (χ3v) is 6.10. The number of hydrogen-bond donors (Lipinski definition) is 1. The lowest BCUT2D eigenvalue weighted by Crippen LogP contribution is -2.56. The minimum absolute atomic E-state index is 0.0548. The minimum atomic E-state index is -0.804. The summed E-state index contributed by atoms with van der Waals surface area (Å²) in [6.45, 7) is 6.87. The Morgan fingerprint density at radius 2 is 2.07 bits per heavy atom. The summed E-state index contributed by atoms with van der Waals surface area (Å²) in [6.07, 6.45) is 2.78. The molecule has 3 fully saturated rings. The molecule has 2 aliphatic heterocycles. The summed E-state index contributed by atoms with van der Waals surface area (Å²) in [7, 11) is 1.61. The number of ether oxygens (including phenoxy) is 4. The van der Waals surface area contributed by atoms with Gasteiger partial charge in [0.25, 0.3) is 0 Å². The molecule has 2 amide bonds. The molecule has 0 aromatic rings. The summed E-state index contributed by atoms with van der Waals surface area (Å²) in [5.74, 6) is -0.949. The Bertz CT molecular complexity index is 630. The molecule has 0 unspecified atom stereocenters. The molecule has 152 valence electrons. The monoisotopic (exact) mass is 401 g/mol. The van der Waals surface area contributed by atoms with Gasteiger partial charge >= 0.3 is 6.09 Å². The quantitative estimate of drug-likeness (QED) is 0.418. The third kappa shape index (κ3) is 4.16. The van der Waals surface area contributed by atoms with Gasteiger partial charge in [0.1, 0.15) is 29.3 Å². The Morgan fingerprint density at radius 1 is 1.37 bits per heavy atom. The largest absolute Gasteiger partial charge is 0.443 e. The molecule has 2 heterocycles. The first-order valence-corrected chi connectivity index (χ1v) is 9.83. The minimum Gasteiger partial charge on any atom is -0.443 e. The summed E-state index contributed by atoms with van der Waals surface area (Å²) in [6, 6.07) is 0. The predicted molar refractivity (Wildman–Crippen MR) is 98.7 cm³/mol. The van der Waals surface area contributed by atoms with E-state index < -0.39 is 23.7 Å². The van der Waals surface area contributed by atoms with Crippen molar-refractivity contribution < 1.29 is 28.5 Å². The van der Waals surface area contributed by atoms with Crippen molar-refractivity contribution in [3.8, 4) is 0 Å². The fraction of sp³-hybridized carbons (Fsp3) is 0.789. The Hall–Kier alpha value is -1.15. The van der Waals surface area contributed by atoms with Crippen molar-refractivity contribution in [3.63, 3.8) is 0 Å². The molecule has 1 aliphatic carbocycles. The van der Waals surface area contributed by atoms with E-state index in [1.165, 1.54) is 5.57 Å². The fourth-order valence-corrected chi connectivity index (χ4v) is 4.45. The summed E-state index contributed by atoms with van der Waals surface area (Å²) >= 11 is 5.42. The molecule has 27 heavy (non-hydrogen) atoms. The van der Waals surface area contributed by atoms with Crippen LogP contribution in [0.25, 0.3) is 0 Å². The number of imide groups is 1. The molecule has 1 N–H and O–H groups in total. The van der Waals surface area contributed by atoms with Gasteiger partial charge in [-0.15, -0.1) is 11.6 Å². The van der Waals surface area contributed by atoms with Crippen LogP contribution in [0.3, 0.4) is 0 Å². The lowest BCUT2D eigenvalue weighted by Gasteiger charge is -2.42. The Kier molecular flexibility index (Phi) is 5.87. The standard InChI is InChI=1S/C19H28ClNO6/c1-11(2)5-6-13-18(3,27-13)16-15(24-4)12(7-8-19(16)10-25-19)26-17(23)21-14(22)9-20/h5,12-13,15-16H,6-10H2,1-4H3,(H,21,22,23)/t12-,13-,15+,16-,18+,19+/m1/s1.